The zero-order valence-electron chi connectivity index (χ0n) is 10.3. The first-order valence-electron chi connectivity index (χ1n) is 5.82. The van der Waals surface area contributed by atoms with Crippen molar-refractivity contribution >= 4 is 10.9 Å². The Morgan fingerprint density at radius 2 is 1.94 bits per heavy atom. The Morgan fingerprint density at radius 1 is 1.25 bits per heavy atom. The molecule has 0 saturated heterocycles. The maximum absolute atomic E-state index is 6.04. The number of rotatable bonds is 3. The fourth-order valence-corrected chi connectivity index (χ4v) is 2.10. The van der Waals surface area contributed by atoms with Crippen molar-refractivity contribution in [3.8, 4) is 0 Å². The Balaban J connectivity index is 2.33. The Kier molecular flexibility index (Phi) is 2.76. The standard InChI is InChI=1S/C14H20N2/c1-10-11(8-9-14(2,3)15)12-6-4-5-7-13(12)16-10/h4-7,16H,8-9,15H2,1-3H3. The van der Waals surface area contributed by atoms with E-state index in [1.807, 2.05) is 0 Å². The second-order valence-corrected chi connectivity index (χ2v) is 5.26. The van der Waals surface area contributed by atoms with E-state index >= 15 is 0 Å². The number of aryl methyl sites for hydroxylation is 2. The highest BCUT2D eigenvalue weighted by Gasteiger charge is 2.14. The number of hydrogen-bond donors (Lipinski definition) is 2. The molecule has 0 saturated carbocycles. The summed E-state index contributed by atoms with van der Waals surface area (Å²) in [5.74, 6) is 0. The summed E-state index contributed by atoms with van der Waals surface area (Å²) >= 11 is 0. The summed E-state index contributed by atoms with van der Waals surface area (Å²) in [5, 5.41) is 1.34. The van der Waals surface area contributed by atoms with Crippen LogP contribution >= 0.6 is 0 Å². The number of nitrogens with two attached hydrogens (primary N) is 1. The van der Waals surface area contributed by atoms with Crippen LogP contribution in [0.1, 0.15) is 31.5 Å². The van der Waals surface area contributed by atoms with Crippen molar-refractivity contribution in [2.45, 2.75) is 39.2 Å². The van der Waals surface area contributed by atoms with E-state index in [-0.39, 0.29) is 5.54 Å². The van der Waals surface area contributed by atoms with Gasteiger partial charge in [0.05, 0.1) is 0 Å². The first-order chi connectivity index (χ1) is 7.47. The molecule has 3 N–H and O–H groups in total. The third kappa shape index (κ3) is 2.27. The van der Waals surface area contributed by atoms with Crippen LogP contribution in [0.2, 0.25) is 0 Å². The van der Waals surface area contributed by atoms with Gasteiger partial charge in [0.25, 0.3) is 0 Å². The van der Waals surface area contributed by atoms with Gasteiger partial charge in [0, 0.05) is 22.1 Å². The van der Waals surface area contributed by atoms with E-state index in [4.69, 9.17) is 5.73 Å². The number of para-hydroxylation sites is 1. The van der Waals surface area contributed by atoms with Gasteiger partial charge in [-0.25, -0.2) is 0 Å². The smallest absolute Gasteiger partial charge is 0.0458 e. The van der Waals surface area contributed by atoms with Gasteiger partial charge in [0.15, 0.2) is 0 Å². The van der Waals surface area contributed by atoms with Crippen molar-refractivity contribution in [2.24, 2.45) is 5.73 Å². The number of fused-ring (bicyclic) bond motifs is 1. The van der Waals surface area contributed by atoms with Gasteiger partial charge in [-0.05, 0) is 45.2 Å². The Morgan fingerprint density at radius 3 is 2.62 bits per heavy atom. The van der Waals surface area contributed by atoms with Gasteiger partial charge in [0.1, 0.15) is 0 Å². The summed E-state index contributed by atoms with van der Waals surface area (Å²) in [5.41, 5.74) is 9.85. The summed E-state index contributed by atoms with van der Waals surface area (Å²) < 4.78 is 0. The summed E-state index contributed by atoms with van der Waals surface area (Å²) in [6.45, 7) is 6.30. The lowest BCUT2D eigenvalue weighted by molar-refractivity contribution is 0.477. The molecule has 2 heteroatoms. The lowest BCUT2D eigenvalue weighted by Gasteiger charge is -2.18. The number of aromatic amines is 1. The number of benzene rings is 1. The molecule has 0 radical (unpaired) electrons. The van der Waals surface area contributed by atoms with Crippen LogP contribution in [0.5, 0.6) is 0 Å². The predicted octanol–water partition coefficient (Wildman–Crippen LogP) is 3.15. The van der Waals surface area contributed by atoms with Crippen LogP contribution < -0.4 is 5.73 Å². The molecule has 86 valence electrons. The molecule has 2 aromatic rings. The summed E-state index contributed by atoms with van der Waals surface area (Å²) in [7, 11) is 0. The van der Waals surface area contributed by atoms with Gasteiger partial charge in [0.2, 0.25) is 0 Å². The zero-order chi connectivity index (χ0) is 11.8. The SMILES string of the molecule is Cc1[nH]c2ccccc2c1CCC(C)(C)N. The molecular formula is C14H20N2. The maximum atomic E-state index is 6.04. The van der Waals surface area contributed by atoms with E-state index < -0.39 is 0 Å². The predicted molar refractivity (Wildman–Crippen MR) is 69.6 cm³/mol. The largest absolute Gasteiger partial charge is 0.358 e. The van der Waals surface area contributed by atoms with Gasteiger partial charge in [-0.3, -0.25) is 0 Å². The minimum Gasteiger partial charge on any atom is -0.358 e. The molecule has 0 bridgehead atoms. The number of H-pyrrole nitrogens is 1. The first-order valence-corrected chi connectivity index (χ1v) is 5.82. The quantitative estimate of drug-likeness (QED) is 0.813. The fraction of sp³-hybridized carbons (Fsp3) is 0.429. The van der Waals surface area contributed by atoms with Crippen molar-refractivity contribution in [3.05, 3.63) is 35.5 Å². The molecule has 0 amide bonds. The van der Waals surface area contributed by atoms with Gasteiger partial charge >= 0.3 is 0 Å². The molecule has 1 aromatic heterocycles. The molecule has 0 unspecified atom stereocenters. The van der Waals surface area contributed by atoms with Crippen molar-refractivity contribution in [1.82, 2.24) is 4.98 Å². The van der Waals surface area contributed by atoms with Gasteiger partial charge < -0.3 is 10.7 Å². The molecule has 2 rings (SSSR count). The third-order valence-corrected chi connectivity index (χ3v) is 3.05. The van der Waals surface area contributed by atoms with Crippen molar-refractivity contribution < 1.29 is 0 Å². The minimum absolute atomic E-state index is 0.0924. The van der Waals surface area contributed by atoms with Crippen molar-refractivity contribution in [2.75, 3.05) is 0 Å². The van der Waals surface area contributed by atoms with Gasteiger partial charge in [-0.1, -0.05) is 18.2 Å². The molecule has 0 aliphatic rings. The van der Waals surface area contributed by atoms with E-state index in [9.17, 15) is 0 Å². The Hall–Kier alpha value is -1.28. The Bertz CT molecular complexity index is 489. The molecule has 0 fully saturated rings. The molecule has 1 aromatic carbocycles. The normalized spacial score (nSPS) is 12.2. The van der Waals surface area contributed by atoms with Crippen LogP contribution in [-0.2, 0) is 6.42 Å². The van der Waals surface area contributed by atoms with Crippen LogP contribution in [0.15, 0.2) is 24.3 Å². The fourth-order valence-electron chi connectivity index (χ4n) is 2.10. The molecule has 0 aliphatic carbocycles. The molecule has 0 atom stereocenters. The second kappa shape index (κ2) is 3.95. The Labute approximate surface area is 96.9 Å². The summed E-state index contributed by atoms with van der Waals surface area (Å²) in [6, 6.07) is 8.46. The number of aromatic nitrogens is 1. The van der Waals surface area contributed by atoms with E-state index in [0.717, 1.165) is 12.8 Å². The molecule has 2 nitrogen and oxygen atoms in total. The van der Waals surface area contributed by atoms with E-state index in [2.05, 4.69) is 50.0 Å². The highest BCUT2D eigenvalue weighted by atomic mass is 14.7. The average molecular weight is 216 g/mol. The average Bonchev–Trinajstić information content (AvgIpc) is 2.49. The lowest BCUT2D eigenvalue weighted by atomic mass is 9.95. The van der Waals surface area contributed by atoms with Crippen LogP contribution in [0.4, 0.5) is 0 Å². The van der Waals surface area contributed by atoms with E-state index in [1.165, 1.54) is 22.2 Å². The van der Waals surface area contributed by atoms with Crippen molar-refractivity contribution in [3.63, 3.8) is 0 Å². The molecular weight excluding hydrogens is 196 g/mol. The maximum Gasteiger partial charge on any atom is 0.0458 e. The topological polar surface area (TPSA) is 41.8 Å². The monoisotopic (exact) mass is 216 g/mol. The van der Waals surface area contributed by atoms with Crippen LogP contribution in [0.25, 0.3) is 10.9 Å². The second-order valence-electron chi connectivity index (χ2n) is 5.26. The first kappa shape index (κ1) is 11.2. The van der Waals surface area contributed by atoms with Crippen LogP contribution in [0, 0.1) is 6.92 Å². The minimum atomic E-state index is -0.0924. The molecule has 0 spiro atoms. The lowest BCUT2D eigenvalue weighted by Crippen LogP contribution is -2.32. The van der Waals surface area contributed by atoms with Gasteiger partial charge in [-0.15, -0.1) is 0 Å². The summed E-state index contributed by atoms with van der Waals surface area (Å²) in [4.78, 5) is 3.42. The molecule has 1 heterocycles. The third-order valence-electron chi connectivity index (χ3n) is 3.05. The highest BCUT2D eigenvalue weighted by Crippen LogP contribution is 2.24. The molecule has 16 heavy (non-hydrogen) atoms. The van der Waals surface area contributed by atoms with Crippen LogP contribution in [-0.4, -0.2) is 10.5 Å². The number of nitrogens with one attached hydrogen (secondary N) is 1. The molecule has 0 aliphatic heterocycles. The van der Waals surface area contributed by atoms with Crippen LogP contribution in [0.3, 0.4) is 0 Å². The number of hydrogen-bond acceptors (Lipinski definition) is 1. The highest BCUT2D eigenvalue weighted by molar-refractivity contribution is 5.84. The summed E-state index contributed by atoms with van der Waals surface area (Å²) in [6.07, 6.45) is 2.05. The van der Waals surface area contributed by atoms with E-state index in [0.29, 0.717) is 0 Å². The zero-order valence-corrected chi connectivity index (χ0v) is 10.3. The van der Waals surface area contributed by atoms with E-state index in [1.54, 1.807) is 0 Å². The van der Waals surface area contributed by atoms with Crippen molar-refractivity contribution in [1.29, 1.82) is 0 Å². The van der Waals surface area contributed by atoms with Gasteiger partial charge in [-0.2, -0.15) is 0 Å².